The molecule has 0 bridgehead atoms. The van der Waals surface area contributed by atoms with Gasteiger partial charge in [0.2, 0.25) is 5.13 Å². The second-order valence-corrected chi connectivity index (χ2v) is 6.81. The van der Waals surface area contributed by atoms with E-state index < -0.39 is 5.97 Å². The Kier molecular flexibility index (Phi) is 3.90. The van der Waals surface area contributed by atoms with Gasteiger partial charge in [-0.25, -0.2) is 0 Å². The van der Waals surface area contributed by atoms with Crippen molar-refractivity contribution in [3.8, 4) is 0 Å². The average Bonchev–Trinajstić information content (AvgIpc) is 3.04. The van der Waals surface area contributed by atoms with Gasteiger partial charge in [0.25, 0.3) is 0 Å². The van der Waals surface area contributed by atoms with E-state index in [4.69, 9.17) is 9.84 Å². The van der Waals surface area contributed by atoms with Crippen LogP contribution in [0, 0.1) is 0 Å². The topological polar surface area (TPSA) is 75.5 Å². The maximum atomic E-state index is 10.5. The van der Waals surface area contributed by atoms with E-state index in [2.05, 4.69) is 15.1 Å². The van der Waals surface area contributed by atoms with E-state index in [9.17, 15) is 4.79 Å². The average molecular weight is 301 g/mol. The van der Waals surface area contributed by atoms with E-state index in [1.165, 1.54) is 29.5 Å². The number of nitrogens with zero attached hydrogens (tertiary/aromatic N) is 3. The summed E-state index contributed by atoms with van der Waals surface area (Å²) in [5.74, 6) is -0.798. The Labute approximate surface area is 119 Å². The molecular weight excluding hydrogens is 286 g/mol. The molecule has 2 heterocycles. The van der Waals surface area contributed by atoms with Gasteiger partial charge in [-0.05, 0) is 19.3 Å². The molecule has 2 aliphatic rings. The predicted molar refractivity (Wildman–Crippen MR) is 73.0 cm³/mol. The van der Waals surface area contributed by atoms with Gasteiger partial charge in [0.05, 0.1) is 24.5 Å². The first-order valence-corrected chi connectivity index (χ1v) is 8.10. The number of hydrogen-bond acceptors (Lipinski definition) is 7. The lowest BCUT2D eigenvalue weighted by molar-refractivity contribution is -0.133. The number of anilines is 1. The summed E-state index contributed by atoms with van der Waals surface area (Å²) >= 11 is 2.70. The van der Waals surface area contributed by atoms with Crippen LogP contribution in [-0.2, 0) is 9.53 Å². The SMILES string of the molecule is O=C(O)CSc1nnc(N2CCOC3CCCC32)s1. The molecule has 1 saturated heterocycles. The van der Waals surface area contributed by atoms with Crippen LogP contribution in [0.3, 0.4) is 0 Å². The smallest absolute Gasteiger partial charge is 0.313 e. The highest BCUT2D eigenvalue weighted by atomic mass is 32.2. The minimum Gasteiger partial charge on any atom is -0.481 e. The summed E-state index contributed by atoms with van der Waals surface area (Å²) in [6, 6.07) is 0.416. The summed E-state index contributed by atoms with van der Waals surface area (Å²) < 4.78 is 6.49. The molecule has 6 nitrogen and oxygen atoms in total. The fourth-order valence-electron chi connectivity index (χ4n) is 2.66. The molecule has 1 aliphatic heterocycles. The maximum Gasteiger partial charge on any atom is 0.313 e. The second kappa shape index (κ2) is 5.64. The van der Waals surface area contributed by atoms with Crippen LogP contribution in [0.1, 0.15) is 19.3 Å². The Morgan fingerprint density at radius 2 is 2.42 bits per heavy atom. The largest absolute Gasteiger partial charge is 0.481 e. The predicted octanol–water partition coefficient (Wildman–Crippen LogP) is 1.47. The number of aliphatic carboxylic acids is 1. The van der Waals surface area contributed by atoms with Crippen LogP contribution in [0.25, 0.3) is 0 Å². The minimum atomic E-state index is -0.830. The van der Waals surface area contributed by atoms with Crippen LogP contribution >= 0.6 is 23.1 Å². The van der Waals surface area contributed by atoms with Gasteiger partial charge in [0.15, 0.2) is 4.34 Å². The lowest BCUT2D eigenvalue weighted by atomic mass is 10.1. The van der Waals surface area contributed by atoms with Crippen molar-refractivity contribution in [1.82, 2.24) is 10.2 Å². The molecule has 1 saturated carbocycles. The van der Waals surface area contributed by atoms with E-state index in [1.54, 1.807) is 0 Å². The first-order chi connectivity index (χ1) is 9.24. The van der Waals surface area contributed by atoms with Crippen molar-refractivity contribution in [3.05, 3.63) is 0 Å². The summed E-state index contributed by atoms with van der Waals surface area (Å²) in [6.45, 7) is 1.58. The summed E-state index contributed by atoms with van der Waals surface area (Å²) in [6.07, 6.45) is 3.79. The Morgan fingerprint density at radius 1 is 1.53 bits per heavy atom. The molecule has 0 spiro atoms. The third-order valence-corrected chi connectivity index (χ3v) is 5.52. The number of thioether (sulfide) groups is 1. The molecule has 8 heteroatoms. The number of ether oxygens (including phenoxy) is 1. The number of fused-ring (bicyclic) bond motifs is 1. The van der Waals surface area contributed by atoms with Gasteiger partial charge >= 0.3 is 5.97 Å². The maximum absolute atomic E-state index is 10.5. The second-order valence-electron chi connectivity index (χ2n) is 4.63. The Hall–Kier alpha value is -0.860. The summed E-state index contributed by atoms with van der Waals surface area (Å²) in [4.78, 5) is 12.8. The Morgan fingerprint density at radius 3 is 3.26 bits per heavy atom. The normalized spacial score (nSPS) is 26.4. The van der Waals surface area contributed by atoms with Gasteiger partial charge in [0, 0.05) is 6.54 Å². The first-order valence-electron chi connectivity index (χ1n) is 6.30. The van der Waals surface area contributed by atoms with E-state index in [0.29, 0.717) is 12.1 Å². The highest BCUT2D eigenvalue weighted by molar-refractivity contribution is 8.01. The zero-order valence-corrected chi connectivity index (χ0v) is 12.0. The lowest BCUT2D eigenvalue weighted by Crippen LogP contribution is -2.48. The number of rotatable bonds is 4. The van der Waals surface area contributed by atoms with Crippen molar-refractivity contribution < 1.29 is 14.6 Å². The quantitative estimate of drug-likeness (QED) is 0.844. The molecule has 104 valence electrons. The van der Waals surface area contributed by atoms with Gasteiger partial charge in [-0.3, -0.25) is 4.79 Å². The molecule has 2 atom stereocenters. The van der Waals surface area contributed by atoms with Crippen LogP contribution in [0.4, 0.5) is 5.13 Å². The summed E-state index contributed by atoms with van der Waals surface area (Å²) in [5, 5.41) is 17.8. The number of carboxylic acid groups (broad SMARTS) is 1. The number of hydrogen-bond donors (Lipinski definition) is 1. The number of morpholine rings is 1. The van der Waals surface area contributed by atoms with E-state index >= 15 is 0 Å². The van der Waals surface area contributed by atoms with Crippen molar-refractivity contribution in [2.75, 3.05) is 23.8 Å². The molecule has 1 N–H and O–H groups in total. The van der Waals surface area contributed by atoms with Gasteiger partial charge in [-0.15, -0.1) is 10.2 Å². The van der Waals surface area contributed by atoms with Crippen molar-refractivity contribution >= 4 is 34.2 Å². The molecule has 0 amide bonds. The molecule has 19 heavy (non-hydrogen) atoms. The fraction of sp³-hybridized carbons (Fsp3) is 0.727. The Bertz CT molecular complexity index is 468. The zero-order chi connectivity index (χ0) is 13.2. The van der Waals surface area contributed by atoms with Crippen LogP contribution < -0.4 is 4.90 Å². The van der Waals surface area contributed by atoms with Crippen molar-refractivity contribution in [2.24, 2.45) is 0 Å². The molecule has 0 radical (unpaired) electrons. The number of carbonyl (C=O) groups is 1. The molecule has 0 aromatic carbocycles. The van der Waals surface area contributed by atoms with Gasteiger partial charge < -0.3 is 14.7 Å². The van der Waals surface area contributed by atoms with E-state index in [0.717, 1.165) is 35.5 Å². The summed E-state index contributed by atoms with van der Waals surface area (Å²) in [5.41, 5.74) is 0. The van der Waals surface area contributed by atoms with Crippen LogP contribution in [-0.4, -0.2) is 52.3 Å². The lowest BCUT2D eigenvalue weighted by Gasteiger charge is -2.37. The Balaban J connectivity index is 1.69. The fourth-order valence-corrected chi connectivity index (χ4v) is 4.31. The highest BCUT2D eigenvalue weighted by Crippen LogP contribution is 2.36. The molecule has 1 aliphatic carbocycles. The van der Waals surface area contributed by atoms with Crippen LogP contribution in [0.2, 0.25) is 0 Å². The third-order valence-electron chi connectivity index (χ3n) is 3.44. The van der Waals surface area contributed by atoms with E-state index in [-0.39, 0.29) is 5.75 Å². The standard InChI is InChI=1S/C11H15N3O3S2/c15-9(16)6-18-11-13-12-10(19-11)14-4-5-17-8-3-1-2-7(8)14/h7-8H,1-6H2,(H,15,16). The molecular formula is C11H15N3O3S2. The van der Waals surface area contributed by atoms with Crippen molar-refractivity contribution in [3.63, 3.8) is 0 Å². The minimum absolute atomic E-state index is 0.0315. The molecule has 3 rings (SSSR count). The van der Waals surface area contributed by atoms with Crippen molar-refractivity contribution in [1.29, 1.82) is 0 Å². The molecule has 1 aromatic rings. The zero-order valence-electron chi connectivity index (χ0n) is 10.3. The number of carboxylic acids is 1. The van der Waals surface area contributed by atoms with Crippen LogP contribution in [0.5, 0.6) is 0 Å². The molecule has 2 fully saturated rings. The highest BCUT2D eigenvalue weighted by Gasteiger charge is 2.37. The van der Waals surface area contributed by atoms with Gasteiger partial charge in [0.1, 0.15) is 0 Å². The summed E-state index contributed by atoms with van der Waals surface area (Å²) in [7, 11) is 0. The third kappa shape index (κ3) is 2.85. The van der Waals surface area contributed by atoms with Crippen LogP contribution in [0.15, 0.2) is 4.34 Å². The van der Waals surface area contributed by atoms with Gasteiger partial charge in [-0.2, -0.15) is 0 Å². The first kappa shape index (κ1) is 13.1. The van der Waals surface area contributed by atoms with Gasteiger partial charge in [-0.1, -0.05) is 23.1 Å². The molecule has 2 unspecified atom stereocenters. The molecule has 1 aromatic heterocycles. The number of aromatic nitrogens is 2. The van der Waals surface area contributed by atoms with E-state index in [1.807, 2.05) is 0 Å². The van der Waals surface area contributed by atoms with Crippen molar-refractivity contribution in [2.45, 2.75) is 35.7 Å². The monoisotopic (exact) mass is 301 g/mol.